The zero-order chi connectivity index (χ0) is 12.3. The first-order valence-corrected chi connectivity index (χ1v) is 4.14. The predicted octanol–water partition coefficient (Wildman–Crippen LogP) is 0.920. The third kappa shape index (κ3) is 2.53. The van der Waals surface area contributed by atoms with E-state index in [9.17, 15) is 19.7 Å². The van der Waals surface area contributed by atoms with Crippen LogP contribution < -0.4 is 0 Å². The number of aliphatic carboxylic acids is 1. The molecule has 7 heteroatoms. The fourth-order valence-corrected chi connectivity index (χ4v) is 1.18. The molecular weight excluding hydrogens is 218 g/mol. The second kappa shape index (κ2) is 4.39. The Morgan fingerprint density at radius 2 is 1.94 bits per heavy atom. The number of benzene rings is 1. The molecule has 1 rings (SSSR count). The highest BCUT2D eigenvalue weighted by atomic mass is 16.6. The molecular formula is C9H7NO6. The molecule has 0 fully saturated rings. The Bertz CT molecular complexity index is 467. The molecule has 0 bridgehead atoms. The van der Waals surface area contributed by atoms with Crippen molar-refractivity contribution in [1.29, 1.82) is 0 Å². The van der Waals surface area contributed by atoms with Gasteiger partial charge in [0.25, 0.3) is 5.69 Å². The zero-order valence-corrected chi connectivity index (χ0v) is 7.91. The van der Waals surface area contributed by atoms with Crippen LogP contribution in [0.1, 0.15) is 15.9 Å². The Labute approximate surface area is 89.1 Å². The van der Waals surface area contributed by atoms with Crippen LogP contribution in [0.4, 0.5) is 5.69 Å². The fourth-order valence-electron chi connectivity index (χ4n) is 1.18. The van der Waals surface area contributed by atoms with E-state index < -0.39 is 29.0 Å². The summed E-state index contributed by atoms with van der Waals surface area (Å²) in [6.07, 6.45) is -0.518. The summed E-state index contributed by atoms with van der Waals surface area (Å²) in [4.78, 5) is 30.8. The van der Waals surface area contributed by atoms with Crippen LogP contribution in [0.15, 0.2) is 18.2 Å². The van der Waals surface area contributed by atoms with E-state index in [1.165, 1.54) is 0 Å². The molecule has 2 N–H and O–H groups in total. The second-order valence-corrected chi connectivity index (χ2v) is 2.98. The Hall–Kier alpha value is -2.44. The summed E-state index contributed by atoms with van der Waals surface area (Å²) in [6, 6.07) is 3.11. The van der Waals surface area contributed by atoms with E-state index in [0.717, 1.165) is 18.2 Å². The monoisotopic (exact) mass is 225 g/mol. The molecule has 0 saturated heterocycles. The van der Waals surface area contributed by atoms with Gasteiger partial charge >= 0.3 is 11.9 Å². The number of rotatable bonds is 4. The molecule has 0 heterocycles. The summed E-state index contributed by atoms with van der Waals surface area (Å²) < 4.78 is 0. The van der Waals surface area contributed by atoms with Gasteiger partial charge in [-0.05, 0) is 6.07 Å². The number of nitro benzene ring substituents is 1. The van der Waals surface area contributed by atoms with Gasteiger partial charge in [-0.3, -0.25) is 14.9 Å². The molecule has 0 spiro atoms. The van der Waals surface area contributed by atoms with Crippen molar-refractivity contribution in [3.8, 4) is 0 Å². The quantitative estimate of drug-likeness (QED) is 0.581. The lowest BCUT2D eigenvalue weighted by molar-refractivity contribution is -0.385. The molecule has 0 aliphatic heterocycles. The van der Waals surface area contributed by atoms with Crippen molar-refractivity contribution in [2.24, 2.45) is 0 Å². The largest absolute Gasteiger partial charge is 0.481 e. The molecule has 0 atom stereocenters. The van der Waals surface area contributed by atoms with Gasteiger partial charge in [-0.2, -0.15) is 0 Å². The SMILES string of the molecule is O=C(O)Cc1ccc(C(=O)O)cc1[N+](=O)[O-]. The van der Waals surface area contributed by atoms with E-state index in [1.54, 1.807) is 0 Å². The highest BCUT2D eigenvalue weighted by Crippen LogP contribution is 2.21. The van der Waals surface area contributed by atoms with Crippen LogP contribution in [0.25, 0.3) is 0 Å². The average molecular weight is 225 g/mol. The molecule has 0 aliphatic carbocycles. The normalized spacial score (nSPS) is 9.75. The topological polar surface area (TPSA) is 118 Å². The van der Waals surface area contributed by atoms with Crippen LogP contribution in [0.2, 0.25) is 0 Å². The van der Waals surface area contributed by atoms with Crippen LogP contribution in [-0.4, -0.2) is 27.1 Å². The molecule has 84 valence electrons. The Morgan fingerprint density at radius 1 is 1.31 bits per heavy atom. The first-order chi connectivity index (χ1) is 7.41. The minimum atomic E-state index is -1.30. The number of hydrogen-bond donors (Lipinski definition) is 2. The fraction of sp³-hybridized carbons (Fsp3) is 0.111. The van der Waals surface area contributed by atoms with Crippen LogP contribution in [0.5, 0.6) is 0 Å². The molecule has 0 aliphatic rings. The number of carbonyl (C=O) groups is 2. The van der Waals surface area contributed by atoms with E-state index >= 15 is 0 Å². The van der Waals surface area contributed by atoms with Crippen molar-refractivity contribution in [3.05, 3.63) is 39.4 Å². The number of nitrogens with zero attached hydrogens (tertiary/aromatic N) is 1. The van der Waals surface area contributed by atoms with Gasteiger partial charge in [-0.25, -0.2) is 4.79 Å². The average Bonchev–Trinajstić information content (AvgIpc) is 2.16. The Balaban J connectivity index is 3.24. The zero-order valence-electron chi connectivity index (χ0n) is 7.91. The molecule has 0 unspecified atom stereocenters. The lowest BCUT2D eigenvalue weighted by Crippen LogP contribution is -2.05. The Morgan fingerprint density at radius 3 is 2.38 bits per heavy atom. The van der Waals surface area contributed by atoms with E-state index in [1.807, 2.05) is 0 Å². The first-order valence-electron chi connectivity index (χ1n) is 4.14. The highest BCUT2D eigenvalue weighted by molar-refractivity contribution is 5.89. The molecule has 1 aromatic carbocycles. The molecule has 0 saturated carbocycles. The third-order valence-electron chi connectivity index (χ3n) is 1.87. The molecule has 16 heavy (non-hydrogen) atoms. The molecule has 0 radical (unpaired) electrons. The lowest BCUT2D eigenvalue weighted by Gasteiger charge is -2.01. The van der Waals surface area contributed by atoms with Crippen LogP contribution >= 0.6 is 0 Å². The molecule has 7 nitrogen and oxygen atoms in total. The maximum Gasteiger partial charge on any atom is 0.335 e. The predicted molar refractivity (Wildman–Crippen MR) is 51.4 cm³/mol. The third-order valence-corrected chi connectivity index (χ3v) is 1.87. The van der Waals surface area contributed by atoms with Gasteiger partial charge in [0.2, 0.25) is 0 Å². The van der Waals surface area contributed by atoms with Crippen molar-refractivity contribution >= 4 is 17.6 Å². The van der Waals surface area contributed by atoms with Crippen molar-refractivity contribution in [1.82, 2.24) is 0 Å². The van der Waals surface area contributed by atoms with Gasteiger partial charge in [0.05, 0.1) is 16.9 Å². The van der Waals surface area contributed by atoms with Gasteiger partial charge in [-0.15, -0.1) is 0 Å². The van der Waals surface area contributed by atoms with Gasteiger partial charge in [0.15, 0.2) is 0 Å². The summed E-state index contributed by atoms with van der Waals surface area (Å²) in [5.74, 6) is -2.52. The Kier molecular flexibility index (Phi) is 3.19. The highest BCUT2D eigenvalue weighted by Gasteiger charge is 2.18. The van der Waals surface area contributed by atoms with E-state index in [4.69, 9.17) is 10.2 Å². The van der Waals surface area contributed by atoms with Gasteiger partial charge in [-0.1, -0.05) is 6.07 Å². The summed E-state index contributed by atoms with van der Waals surface area (Å²) >= 11 is 0. The van der Waals surface area contributed by atoms with Crippen molar-refractivity contribution < 1.29 is 24.7 Å². The number of nitro groups is 1. The molecule has 0 aromatic heterocycles. The van der Waals surface area contributed by atoms with Crippen LogP contribution in [0.3, 0.4) is 0 Å². The van der Waals surface area contributed by atoms with E-state index in [-0.39, 0.29) is 11.1 Å². The molecule has 0 amide bonds. The smallest absolute Gasteiger partial charge is 0.335 e. The minimum absolute atomic E-state index is 0.0255. The number of carboxylic acids is 2. The first kappa shape index (κ1) is 11.6. The van der Waals surface area contributed by atoms with Crippen LogP contribution in [-0.2, 0) is 11.2 Å². The van der Waals surface area contributed by atoms with Crippen molar-refractivity contribution in [3.63, 3.8) is 0 Å². The number of aromatic carboxylic acids is 1. The second-order valence-electron chi connectivity index (χ2n) is 2.98. The van der Waals surface area contributed by atoms with E-state index in [0.29, 0.717) is 0 Å². The molecule has 1 aromatic rings. The standard InChI is InChI=1S/C9H7NO6/c11-8(12)4-5-1-2-6(9(13)14)3-7(5)10(15)16/h1-3H,4H2,(H,11,12)(H,13,14). The summed E-state index contributed by atoms with van der Waals surface area (Å²) in [7, 11) is 0. The summed E-state index contributed by atoms with van der Waals surface area (Å²) in [6.45, 7) is 0. The van der Waals surface area contributed by atoms with Gasteiger partial charge in [0.1, 0.15) is 0 Å². The van der Waals surface area contributed by atoms with Crippen molar-refractivity contribution in [2.75, 3.05) is 0 Å². The number of hydrogen-bond acceptors (Lipinski definition) is 4. The maximum absolute atomic E-state index is 10.6. The maximum atomic E-state index is 10.6. The summed E-state index contributed by atoms with van der Waals surface area (Å²) in [5, 5.41) is 27.7. The lowest BCUT2D eigenvalue weighted by atomic mass is 10.1. The number of carboxylic acid groups (broad SMARTS) is 2. The van der Waals surface area contributed by atoms with E-state index in [2.05, 4.69) is 0 Å². The van der Waals surface area contributed by atoms with Gasteiger partial charge in [0, 0.05) is 11.6 Å². The van der Waals surface area contributed by atoms with Gasteiger partial charge < -0.3 is 10.2 Å². The van der Waals surface area contributed by atoms with Crippen LogP contribution in [0, 0.1) is 10.1 Å². The minimum Gasteiger partial charge on any atom is -0.481 e. The summed E-state index contributed by atoms with van der Waals surface area (Å²) in [5.41, 5.74) is -0.773. The van der Waals surface area contributed by atoms with Crippen molar-refractivity contribution in [2.45, 2.75) is 6.42 Å².